The second-order valence-corrected chi connectivity index (χ2v) is 7.16. The highest BCUT2D eigenvalue weighted by Crippen LogP contribution is 2.27. The van der Waals surface area contributed by atoms with Crippen molar-refractivity contribution in [3.05, 3.63) is 57.0 Å². The van der Waals surface area contributed by atoms with Crippen LogP contribution in [0.3, 0.4) is 0 Å². The second-order valence-electron chi connectivity index (χ2n) is 4.19. The van der Waals surface area contributed by atoms with E-state index in [1.807, 2.05) is 6.92 Å². The molecular weight excluding hydrogens is 341 g/mol. The van der Waals surface area contributed by atoms with Gasteiger partial charge in [-0.2, -0.15) is 0 Å². The first-order valence-corrected chi connectivity index (χ1v) is 8.15. The van der Waals surface area contributed by atoms with Gasteiger partial charge in [0, 0.05) is 10.0 Å². The van der Waals surface area contributed by atoms with Crippen LogP contribution in [-0.4, -0.2) is 8.42 Å². The van der Waals surface area contributed by atoms with Crippen LogP contribution in [0, 0.1) is 6.92 Å². The van der Waals surface area contributed by atoms with Crippen molar-refractivity contribution in [3.8, 4) is 0 Å². The zero-order chi connectivity index (χ0) is 14.9. The summed E-state index contributed by atoms with van der Waals surface area (Å²) in [4.78, 5) is -0.0216. The zero-order valence-electron chi connectivity index (χ0n) is 10.3. The van der Waals surface area contributed by atoms with Gasteiger partial charge in [-0.25, -0.2) is 8.42 Å². The Morgan fingerprint density at radius 2 is 1.55 bits per heavy atom. The maximum Gasteiger partial charge on any atom is 0.262 e. The summed E-state index contributed by atoms with van der Waals surface area (Å²) in [6.45, 7) is 1.86. The number of nitrogens with one attached hydrogen (secondary N) is 1. The molecule has 0 aromatic heterocycles. The molecule has 0 unspecified atom stereocenters. The number of halogens is 3. The third kappa shape index (κ3) is 3.58. The van der Waals surface area contributed by atoms with Crippen LogP contribution in [0.25, 0.3) is 0 Å². The van der Waals surface area contributed by atoms with Gasteiger partial charge in [-0.05, 0) is 42.8 Å². The fraction of sp³-hybridized carbons (Fsp3) is 0.0769. The molecule has 20 heavy (non-hydrogen) atoms. The monoisotopic (exact) mass is 349 g/mol. The maximum atomic E-state index is 12.3. The van der Waals surface area contributed by atoms with Crippen molar-refractivity contribution in [2.24, 2.45) is 0 Å². The van der Waals surface area contributed by atoms with E-state index in [0.29, 0.717) is 10.7 Å². The van der Waals surface area contributed by atoms with Gasteiger partial charge in [-0.1, -0.05) is 40.9 Å². The summed E-state index contributed by atoms with van der Waals surface area (Å²) >= 11 is 17.6. The molecule has 2 aromatic rings. The van der Waals surface area contributed by atoms with Gasteiger partial charge in [-0.15, -0.1) is 0 Å². The van der Waals surface area contributed by atoms with Crippen LogP contribution >= 0.6 is 34.8 Å². The normalized spacial score (nSPS) is 11.4. The summed E-state index contributed by atoms with van der Waals surface area (Å²) in [5.41, 5.74) is 1.23. The van der Waals surface area contributed by atoms with Gasteiger partial charge in [0.1, 0.15) is 0 Å². The van der Waals surface area contributed by atoms with Gasteiger partial charge >= 0.3 is 0 Å². The lowest BCUT2D eigenvalue weighted by atomic mass is 10.2. The molecule has 0 spiro atoms. The van der Waals surface area contributed by atoms with Crippen LogP contribution in [0.4, 0.5) is 5.69 Å². The van der Waals surface area contributed by atoms with Crippen molar-refractivity contribution in [3.63, 3.8) is 0 Å². The minimum atomic E-state index is -3.80. The smallest absolute Gasteiger partial charge is 0.262 e. The average Bonchev–Trinajstić information content (AvgIpc) is 2.31. The first-order chi connectivity index (χ1) is 9.28. The van der Waals surface area contributed by atoms with E-state index < -0.39 is 10.0 Å². The van der Waals surface area contributed by atoms with E-state index in [4.69, 9.17) is 34.8 Å². The summed E-state index contributed by atoms with van der Waals surface area (Å²) in [5.74, 6) is 0. The molecule has 0 saturated heterocycles. The van der Waals surface area contributed by atoms with Gasteiger partial charge in [-0.3, -0.25) is 4.72 Å². The van der Waals surface area contributed by atoms with E-state index in [0.717, 1.165) is 5.56 Å². The molecule has 0 fully saturated rings. The van der Waals surface area contributed by atoms with Crippen LogP contribution in [0.15, 0.2) is 41.3 Å². The lowest BCUT2D eigenvalue weighted by Crippen LogP contribution is -2.13. The number of hydrogen-bond acceptors (Lipinski definition) is 2. The molecule has 0 aliphatic heterocycles. The van der Waals surface area contributed by atoms with Gasteiger partial charge in [0.05, 0.1) is 15.6 Å². The van der Waals surface area contributed by atoms with E-state index in [-0.39, 0.29) is 14.9 Å². The number of hydrogen-bond donors (Lipinski definition) is 1. The number of aryl methyl sites for hydroxylation is 1. The van der Waals surface area contributed by atoms with E-state index in [2.05, 4.69) is 4.72 Å². The van der Waals surface area contributed by atoms with Crippen LogP contribution in [-0.2, 0) is 10.0 Å². The fourth-order valence-corrected chi connectivity index (χ4v) is 3.73. The molecule has 0 saturated carbocycles. The lowest BCUT2D eigenvalue weighted by Gasteiger charge is -2.10. The Morgan fingerprint density at radius 3 is 2.10 bits per heavy atom. The highest BCUT2D eigenvalue weighted by Gasteiger charge is 2.17. The molecule has 0 bridgehead atoms. The van der Waals surface area contributed by atoms with Crippen molar-refractivity contribution in [2.75, 3.05) is 4.72 Å². The molecule has 0 atom stereocenters. The Morgan fingerprint density at radius 1 is 0.950 bits per heavy atom. The molecule has 0 aliphatic carbocycles. The Labute approximate surface area is 132 Å². The SMILES string of the molecule is Cc1ccc(NS(=O)(=O)c2cc(Cl)cc(Cl)c2)c(Cl)c1. The number of anilines is 1. The lowest BCUT2D eigenvalue weighted by molar-refractivity contribution is 0.601. The van der Waals surface area contributed by atoms with Gasteiger partial charge in [0.25, 0.3) is 10.0 Å². The molecule has 0 aliphatic rings. The summed E-state index contributed by atoms with van der Waals surface area (Å²) < 4.78 is 26.9. The van der Waals surface area contributed by atoms with Gasteiger partial charge in [0.15, 0.2) is 0 Å². The maximum absolute atomic E-state index is 12.3. The van der Waals surface area contributed by atoms with Crippen LogP contribution < -0.4 is 4.72 Å². The van der Waals surface area contributed by atoms with Crippen molar-refractivity contribution >= 4 is 50.5 Å². The second kappa shape index (κ2) is 5.82. The molecule has 2 aromatic carbocycles. The Hall–Kier alpha value is -0.940. The van der Waals surface area contributed by atoms with Gasteiger partial charge < -0.3 is 0 Å². The highest BCUT2D eigenvalue weighted by atomic mass is 35.5. The van der Waals surface area contributed by atoms with Crippen LogP contribution in [0.1, 0.15) is 5.56 Å². The quantitative estimate of drug-likeness (QED) is 0.867. The zero-order valence-corrected chi connectivity index (χ0v) is 13.4. The highest BCUT2D eigenvalue weighted by molar-refractivity contribution is 7.92. The van der Waals surface area contributed by atoms with Crippen LogP contribution in [0.2, 0.25) is 15.1 Å². The van der Waals surface area contributed by atoms with E-state index in [9.17, 15) is 8.42 Å². The molecule has 7 heteroatoms. The topological polar surface area (TPSA) is 46.2 Å². The first-order valence-electron chi connectivity index (χ1n) is 5.53. The summed E-state index contributed by atoms with van der Waals surface area (Å²) in [5, 5.41) is 0.808. The minimum Gasteiger partial charge on any atom is -0.278 e. The standard InChI is InChI=1S/C13H10Cl3NO2S/c1-8-2-3-13(12(16)4-8)17-20(18,19)11-6-9(14)5-10(15)7-11/h2-7,17H,1H3. The Kier molecular flexibility index (Phi) is 4.49. The molecule has 106 valence electrons. The predicted octanol–water partition coefficient (Wildman–Crippen LogP) is 4.76. The average molecular weight is 351 g/mol. The van der Waals surface area contributed by atoms with E-state index in [1.54, 1.807) is 18.2 Å². The van der Waals surface area contributed by atoms with Crippen molar-refractivity contribution in [1.82, 2.24) is 0 Å². The molecular formula is C13H10Cl3NO2S. The first kappa shape index (κ1) is 15.4. The third-order valence-electron chi connectivity index (χ3n) is 2.52. The molecule has 0 heterocycles. The Bertz CT molecular complexity index is 740. The van der Waals surface area contributed by atoms with Crippen LogP contribution in [0.5, 0.6) is 0 Å². The molecule has 2 rings (SSSR count). The van der Waals surface area contributed by atoms with Crippen molar-refractivity contribution in [1.29, 1.82) is 0 Å². The largest absolute Gasteiger partial charge is 0.278 e. The third-order valence-corrected chi connectivity index (χ3v) is 4.61. The summed E-state index contributed by atoms with van der Waals surface area (Å²) in [6.07, 6.45) is 0. The predicted molar refractivity (Wildman–Crippen MR) is 83.5 cm³/mol. The van der Waals surface area contributed by atoms with E-state index in [1.165, 1.54) is 18.2 Å². The number of sulfonamides is 1. The molecule has 3 nitrogen and oxygen atoms in total. The summed E-state index contributed by atoms with van der Waals surface area (Å²) in [6, 6.07) is 9.12. The van der Waals surface area contributed by atoms with E-state index >= 15 is 0 Å². The Balaban J connectivity index is 2.40. The van der Waals surface area contributed by atoms with Crippen molar-refractivity contribution < 1.29 is 8.42 Å². The number of rotatable bonds is 3. The molecule has 0 amide bonds. The fourth-order valence-electron chi connectivity index (χ4n) is 1.59. The van der Waals surface area contributed by atoms with Crippen molar-refractivity contribution in [2.45, 2.75) is 11.8 Å². The molecule has 0 radical (unpaired) electrons. The number of benzene rings is 2. The summed E-state index contributed by atoms with van der Waals surface area (Å²) in [7, 11) is -3.80. The minimum absolute atomic E-state index is 0.0216. The molecule has 1 N–H and O–H groups in total. The van der Waals surface area contributed by atoms with Gasteiger partial charge in [0.2, 0.25) is 0 Å².